The molecule has 3 N–H and O–H groups in total. The smallest absolute Gasteiger partial charge is 0.162 e. The summed E-state index contributed by atoms with van der Waals surface area (Å²) in [7, 11) is 1.65. The van der Waals surface area contributed by atoms with Crippen LogP contribution in [0.3, 0.4) is 0 Å². The van der Waals surface area contributed by atoms with E-state index in [1.165, 1.54) is 5.56 Å². The third kappa shape index (κ3) is 4.88. The molecule has 2 aromatic heterocycles. The second-order valence-electron chi connectivity index (χ2n) is 7.11. The van der Waals surface area contributed by atoms with Gasteiger partial charge in [-0.3, -0.25) is 10.1 Å². The van der Waals surface area contributed by atoms with Gasteiger partial charge in [-0.15, -0.1) is 0 Å². The quantitative estimate of drug-likeness (QED) is 0.309. The number of para-hydroxylation sites is 1. The van der Waals surface area contributed by atoms with Crippen molar-refractivity contribution in [3.05, 3.63) is 66.5 Å². The number of nitrogens with one attached hydrogen (secondary N) is 3. The number of pyridine rings is 1. The lowest BCUT2D eigenvalue weighted by molar-refractivity contribution is 0.293. The van der Waals surface area contributed by atoms with Gasteiger partial charge in [0.2, 0.25) is 0 Å². The fraction of sp³-hybridized carbons (Fsp3) is 0.250. The molecule has 0 aliphatic heterocycles. The van der Waals surface area contributed by atoms with Crippen LogP contribution in [0.5, 0.6) is 11.5 Å². The topological polar surface area (TPSA) is 84.1 Å². The molecule has 0 atom stereocenters. The Morgan fingerprint density at radius 1 is 1.00 bits per heavy atom. The molecule has 4 rings (SSSR count). The lowest BCUT2D eigenvalue weighted by Crippen LogP contribution is -2.08. The highest BCUT2D eigenvalue weighted by molar-refractivity contribution is 5.95. The van der Waals surface area contributed by atoms with E-state index < -0.39 is 0 Å². The summed E-state index contributed by atoms with van der Waals surface area (Å²) in [6, 6.07) is 16.1. The van der Waals surface area contributed by atoms with Crippen LogP contribution in [-0.2, 0) is 6.42 Å². The van der Waals surface area contributed by atoms with Gasteiger partial charge in [0.1, 0.15) is 5.82 Å². The summed E-state index contributed by atoms with van der Waals surface area (Å²) in [6.07, 6.45) is 5.32. The molecule has 4 aromatic rings. The first kappa shape index (κ1) is 20.5. The van der Waals surface area contributed by atoms with Crippen LogP contribution in [0.4, 0.5) is 17.2 Å². The zero-order valence-electron chi connectivity index (χ0n) is 17.8. The van der Waals surface area contributed by atoms with Gasteiger partial charge in [-0.05, 0) is 42.7 Å². The van der Waals surface area contributed by atoms with Crippen LogP contribution >= 0.6 is 0 Å². The van der Waals surface area contributed by atoms with E-state index in [0.717, 1.165) is 47.5 Å². The first-order chi connectivity index (χ1) is 15.3. The molecule has 0 unspecified atom stereocenters. The predicted octanol–water partition coefficient (Wildman–Crippen LogP) is 5.15. The van der Waals surface area contributed by atoms with Gasteiger partial charge < -0.3 is 20.1 Å². The number of methoxy groups -OCH3 is 1. The van der Waals surface area contributed by atoms with E-state index in [0.29, 0.717) is 18.1 Å². The number of ether oxygens (including phenoxy) is 2. The molecular weight excluding hydrogens is 390 g/mol. The highest BCUT2D eigenvalue weighted by Crippen LogP contribution is 2.36. The summed E-state index contributed by atoms with van der Waals surface area (Å²) >= 11 is 0. The molecule has 0 spiro atoms. The lowest BCUT2D eigenvalue weighted by atomic mass is 10.1. The Morgan fingerprint density at radius 2 is 1.90 bits per heavy atom. The average molecular weight is 418 g/mol. The normalized spacial score (nSPS) is 10.8. The van der Waals surface area contributed by atoms with Crippen LogP contribution in [0.2, 0.25) is 0 Å². The van der Waals surface area contributed by atoms with Crippen LogP contribution < -0.4 is 20.1 Å². The van der Waals surface area contributed by atoms with Gasteiger partial charge in [-0.25, -0.2) is 0 Å². The number of nitrogens with zero attached hydrogens (tertiary/aromatic N) is 2. The van der Waals surface area contributed by atoms with Crippen molar-refractivity contribution in [2.24, 2.45) is 0 Å². The minimum Gasteiger partial charge on any atom is -0.493 e. The second-order valence-corrected chi connectivity index (χ2v) is 7.11. The van der Waals surface area contributed by atoms with Crippen LogP contribution in [0.25, 0.3) is 10.9 Å². The zero-order chi connectivity index (χ0) is 21.5. The van der Waals surface area contributed by atoms with Gasteiger partial charge in [0.05, 0.1) is 25.4 Å². The molecule has 2 heterocycles. The maximum absolute atomic E-state index is 6.06. The van der Waals surface area contributed by atoms with Gasteiger partial charge in [-0.1, -0.05) is 25.1 Å². The minimum absolute atomic E-state index is 0.560. The Bertz CT molecular complexity index is 1130. The number of benzene rings is 2. The first-order valence-electron chi connectivity index (χ1n) is 10.5. The van der Waals surface area contributed by atoms with E-state index in [9.17, 15) is 0 Å². The van der Waals surface area contributed by atoms with Crippen LogP contribution in [0.1, 0.15) is 18.9 Å². The Labute approximate surface area is 181 Å². The van der Waals surface area contributed by atoms with Gasteiger partial charge in [0.15, 0.2) is 11.5 Å². The summed E-state index contributed by atoms with van der Waals surface area (Å²) in [5.74, 6) is 2.28. The molecule has 2 aromatic carbocycles. The van der Waals surface area contributed by atoms with Crippen molar-refractivity contribution in [2.45, 2.75) is 19.8 Å². The number of rotatable bonds is 10. The van der Waals surface area contributed by atoms with E-state index in [1.54, 1.807) is 19.5 Å². The number of anilines is 3. The Balaban J connectivity index is 1.52. The maximum Gasteiger partial charge on any atom is 0.162 e. The fourth-order valence-electron chi connectivity index (χ4n) is 3.46. The number of aromatic amines is 1. The van der Waals surface area contributed by atoms with Gasteiger partial charge in [0, 0.05) is 35.6 Å². The Hall–Kier alpha value is -3.74. The van der Waals surface area contributed by atoms with E-state index in [2.05, 4.69) is 50.9 Å². The number of aromatic nitrogens is 3. The number of hydrogen-bond donors (Lipinski definition) is 3. The summed E-state index contributed by atoms with van der Waals surface area (Å²) in [5, 5.41) is 14.6. The predicted molar refractivity (Wildman–Crippen MR) is 125 cm³/mol. The number of aryl methyl sites for hydroxylation is 1. The molecule has 31 heavy (non-hydrogen) atoms. The summed E-state index contributed by atoms with van der Waals surface area (Å²) in [4.78, 5) is 4.52. The fourth-order valence-corrected chi connectivity index (χ4v) is 3.46. The third-order valence-corrected chi connectivity index (χ3v) is 5.09. The van der Waals surface area contributed by atoms with Crippen molar-refractivity contribution >= 4 is 28.1 Å². The first-order valence-corrected chi connectivity index (χ1v) is 10.5. The van der Waals surface area contributed by atoms with Crippen LogP contribution in [-0.4, -0.2) is 35.4 Å². The monoisotopic (exact) mass is 417 g/mol. The highest BCUT2D eigenvalue weighted by atomic mass is 16.5. The standard InChI is InChI=1S/C24H27N5O2/c1-3-17-7-4-5-8-19(17)28-20-9-12-25-21-16-22(30-2)23(15-18(20)21)31-14-6-11-26-24-10-13-27-29-24/h4-5,7-10,12-13,15-16H,3,6,11,14H2,1-2H3,(H,25,28)(H2,26,27,29). The molecule has 0 radical (unpaired) electrons. The van der Waals surface area contributed by atoms with Crippen molar-refractivity contribution in [1.82, 2.24) is 15.2 Å². The molecular formula is C24H27N5O2. The zero-order valence-corrected chi connectivity index (χ0v) is 17.8. The van der Waals surface area contributed by atoms with Crippen molar-refractivity contribution in [1.29, 1.82) is 0 Å². The van der Waals surface area contributed by atoms with Gasteiger partial charge >= 0.3 is 0 Å². The van der Waals surface area contributed by atoms with Crippen LogP contribution in [0.15, 0.2) is 60.9 Å². The molecule has 0 aliphatic carbocycles. The molecule has 160 valence electrons. The minimum atomic E-state index is 0.560. The van der Waals surface area contributed by atoms with Crippen molar-refractivity contribution < 1.29 is 9.47 Å². The van der Waals surface area contributed by atoms with Crippen molar-refractivity contribution in [2.75, 3.05) is 30.9 Å². The average Bonchev–Trinajstić information content (AvgIpc) is 3.32. The SMILES string of the molecule is CCc1ccccc1Nc1ccnc2cc(OC)c(OCCCNc3ccn[nH]3)cc12. The summed E-state index contributed by atoms with van der Waals surface area (Å²) in [5.41, 5.74) is 4.20. The van der Waals surface area contributed by atoms with Crippen molar-refractivity contribution in [3.63, 3.8) is 0 Å². The second kappa shape index (κ2) is 9.84. The molecule has 7 heteroatoms. The largest absolute Gasteiger partial charge is 0.493 e. The molecule has 0 aliphatic rings. The third-order valence-electron chi connectivity index (χ3n) is 5.09. The van der Waals surface area contributed by atoms with Crippen LogP contribution in [0, 0.1) is 0 Å². The number of fused-ring (bicyclic) bond motifs is 1. The molecule has 0 bridgehead atoms. The molecule has 0 fully saturated rings. The maximum atomic E-state index is 6.06. The van der Waals surface area contributed by atoms with Crippen molar-refractivity contribution in [3.8, 4) is 11.5 Å². The Morgan fingerprint density at radius 3 is 2.71 bits per heavy atom. The summed E-state index contributed by atoms with van der Waals surface area (Å²) in [6.45, 7) is 3.49. The molecule has 0 saturated heterocycles. The van der Waals surface area contributed by atoms with E-state index >= 15 is 0 Å². The van der Waals surface area contributed by atoms with E-state index in [4.69, 9.17) is 9.47 Å². The Kier molecular flexibility index (Phi) is 6.52. The highest BCUT2D eigenvalue weighted by Gasteiger charge is 2.12. The molecule has 7 nitrogen and oxygen atoms in total. The van der Waals surface area contributed by atoms with E-state index in [-0.39, 0.29) is 0 Å². The lowest BCUT2D eigenvalue weighted by Gasteiger charge is -2.16. The van der Waals surface area contributed by atoms with Gasteiger partial charge in [0.25, 0.3) is 0 Å². The molecule has 0 saturated carbocycles. The van der Waals surface area contributed by atoms with E-state index in [1.807, 2.05) is 30.3 Å². The molecule has 0 amide bonds. The summed E-state index contributed by atoms with van der Waals surface area (Å²) < 4.78 is 11.6. The number of hydrogen-bond acceptors (Lipinski definition) is 6. The van der Waals surface area contributed by atoms with Gasteiger partial charge in [-0.2, -0.15) is 5.10 Å². The number of H-pyrrole nitrogens is 1.